The van der Waals surface area contributed by atoms with Crippen molar-refractivity contribution in [2.45, 2.75) is 6.92 Å². The van der Waals surface area contributed by atoms with Gasteiger partial charge < -0.3 is 4.74 Å². The van der Waals surface area contributed by atoms with Gasteiger partial charge in [-0.1, -0.05) is 17.7 Å². The van der Waals surface area contributed by atoms with Gasteiger partial charge in [0.2, 0.25) is 0 Å². The quantitative estimate of drug-likeness (QED) is 0.634. The highest BCUT2D eigenvalue weighted by molar-refractivity contribution is 6.31. The predicted octanol–water partition coefficient (Wildman–Crippen LogP) is 4.79. The second kappa shape index (κ2) is 5.97. The number of esters is 1. The molecule has 3 aromatic rings. The van der Waals surface area contributed by atoms with Gasteiger partial charge in [0.05, 0.1) is 18.2 Å². The predicted molar refractivity (Wildman–Crippen MR) is 88.2 cm³/mol. The third-order valence-electron chi connectivity index (χ3n) is 3.57. The van der Waals surface area contributed by atoms with Crippen LogP contribution in [0.15, 0.2) is 42.6 Å². The minimum Gasteiger partial charge on any atom is -0.465 e. The first-order valence-corrected chi connectivity index (χ1v) is 7.31. The van der Waals surface area contributed by atoms with E-state index in [0.29, 0.717) is 32.6 Å². The topological polar surface area (TPSA) is 39.2 Å². The summed E-state index contributed by atoms with van der Waals surface area (Å²) in [5.74, 6) is -0.890. The number of aromatic nitrogens is 1. The molecule has 3 nitrogen and oxygen atoms in total. The van der Waals surface area contributed by atoms with E-state index in [0.717, 1.165) is 5.56 Å². The van der Waals surface area contributed by atoms with E-state index in [1.807, 2.05) is 0 Å². The SMILES string of the molecule is COC(=O)c1c(-c2cc(C)cc(F)c2)cnc2ccc(Cl)cc12. The standard InChI is InChI=1S/C18H13ClFNO2/c1-10-5-11(7-13(20)6-10)15-9-21-16-4-3-12(19)8-14(16)17(15)18(22)23-2/h3-9H,1-2H3. The smallest absolute Gasteiger partial charge is 0.339 e. The Kier molecular flexibility index (Phi) is 4.01. The molecule has 1 aromatic heterocycles. The summed E-state index contributed by atoms with van der Waals surface area (Å²) in [5.41, 5.74) is 2.77. The number of carbonyl (C=O) groups excluding carboxylic acids is 1. The van der Waals surface area contributed by atoms with Gasteiger partial charge in [0.1, 0.15) is 5.82 Å². The van der Waals surface area contributed by atoms with E-state index >= 15 is 0 Å². The largest absolute Gasteiger partial charge is 0.465 e. The number of rotatable bonds is 2. The van der Waals surface area contributed by atoms with Crippen molar-refractivity contribution in [2.75, 3.05) is 7.11 Å². The van der Waals surface area contributed by atoms with E-state index in [9.17, 15) is 9.18 Å². The fraction of sp³-hybridized carbons (Fsp3) is 0.111. The normalized spacial score (nSPS) is 10.8. The Morgan fingerprint density at radius 1 is 1.22 bits per heavy atom. The molecule has 0 saturated carbocycles. The lowest BCUT2D eigenvalue weighted by molar-refractivity contribution is 0.0604. The van der Waals surface area contributed by atoms with Gasteiger partial charge in [-0.2, -0.15) is 0 Å². The number of methoxy groups -OCH3 is 1. The highest BCUT2D eigenvalue weighted by Crippen LogP contribution is 2.32. The zero-order chi connectivity index (χ0) is 16.6. The molecule has 0 aliphatic heterocycles. The molecule has 0 amide bonds. The van der Waals surface area contributed by atoms with Gasteiger partial charge in [0, 0.05) is 22.2 Å². The number of nitrogens with zero attached hydrogens (tertiary/aromatic N) is 1. The third kappa shape index (κ3) is 2.90. The zero-order valence-corrected chi connectivity index (χ0v) is 13.3. The molecule has 0 aliphatic rings. The van der Waals surface area contributed by atoms with Crippen molar-refractivity contribution in [1.29, 1.82) is 0 Å². The first-order valence-electron chi connectivity index (χ1n) is 6.94. The maximum absolute atomic E-state index is 13.7. The average Bonchev–Trinajstić information content (AvgIpc) is 2.52. The van der Waals surface area contributed by atoms with Crippen LogP contribution >= 0.6 is 11.6 Å². The lowest BCUT2D eigenvalue weighted by Gasteiger charge is -2.12. The molecule has 116 valence electrons. The highest BCUT2D eigenvalue weighted by Gasteiger charge is 2.19. The molecule has 1 heterocycles. The van der Waals surface area contributed by atoms with Crippen LogP contribution in [-0.4, -0.2) is 18.1 Å². The van der Waals surface area contributed by atoms with Crippen molar-refractivity contribution in [2.24, 2.45) is 0 Å². The molecular weight excluding hydrogens is 317 g/mol. The number of hydrogen-bond acceptors (Lipinski definition) is 3. The summed E-state index contributed by atoms with van der Waals surface area (Å²) in [5, 5.41) is 1.06. The van der Waals surface area contributed by atoms with Crippen molar-refractivity contribution >= 4 is 28.5 Å². The first kappa shape index (κ1) is 15.4. The molecule has 0 bridgehead atoms. The third-order valence-corrected chi connectivity index (χ3v) is 3.81. The molecule has 0 spiro atoms. The summed E-state index contributed by atoms with van der Waals surface area (Å²) in [7, 11) is 1.31. The Balaban J connectivity index is 2.38. The first-order chi connectivity index (χ1) is 11.0. The van der Waals surface area contributed by atoms with Crippen LogP contribution in [0.25, 0.3) is 22.0 Å². The van der Waals surface area contributed by atoms with E-state index in [1.54, 1.807) is 37.4 Å². The van der Waals surface area contributed by atoms with Crippen LogP contribution in [0.2, 0.25) is 5.02 Å². The molecule has 23 heavy (non-hydrogen) atoms. The van der Waals surface area contributed by atoms with Gasteiger partial charge in [-0.15, -0.1) is 0 Å². The van der Waals surface area contributed by atoms with Crippen LogP contribution in [0.3, 0.4) is 0 Å². The van der Waals surface area contributed by atoms with Gasteiger partial charge in [-0.25, -0.2) is 9.18 Å². The fourth-order valence-corrected chi connectivity index (χ4v) is 2.77. The summed E-state index contributed by atoms with van der Waals surface area (Å²) >= 11 is 6.05. The number of halogens is 2. The van der Waals surface area contributed by atoms with Crippen molar-refractivity contribution in [3.63, 3.8) is 0 Å². The lowest BCUT2D eigenvalue weighted by Crippen LogP contribution is -2.06. The molecule has 0 fully saturated rings. The van der Waals surface area contributed by atoms with Crippen molar-refractivity contribution < 1.29 is 13.9 Å². The van der Waals surface area contributed by atoms with E-state index in [2.05, 4.69) is 4.98 Å². The fourth-order valence-electron chi connectivity index (χ4n) is 2.60. The summed E-state index contributed by atoms with van der Waals surface area (Å²) in [6.45, 7) is 1.79. The second-order valence-corrected chi connectivity index (χ2v) is 5.65. The number of carbonyl (C=O) groups is 1. The van der Waals surface area contributed by atoms with Crippen molar-refractivity contribution in [1.82, 2.24) is 4.98 Å². The number of aryl methyl sites for hydroxylation is 1. The van der Waals surface area contributed by atoms with Gasteiger partial charge in [-0.3, -0.25) is 4.98 Å². The minimum absolute atomic E-state index is 0.324. The molecule has 0 radical (unpaired) electrons. The summed E-state index contributed by atoms with van der Waals surface area (Å²) in [4.78, 5) is 16.7. The number of pyridine rings is 1. The molecule has 0 saturated heterocycles. The Hall–Kier alpha value is -2.46. The number of benzene rings is 2. The van der Waals surface area contributed by atoms with E-state index in [1.165, 1.54) is 19.2 Å². The van der Waals surface area contributed by atoms with Gasteiger partial charge in [0.15, 0.2) is 0 Å². The van der Waals surface area contributed by atoms with Crippen molar-refractivity contribution in [3.05, 3.63) is 64.6 Å². The molecule has 3 rings (SSSR count). The molecule has 0 unspecified atom stereocenters. The summed E-state index contributed by atoms with van der Waals surface area (Å²) < 4.78 is 18.7. The zero-order valence-electron chi connectivity index (χ0n) is 12.6. The van der Waals surface area contributed by atoms with Crippen LogP contribution in [-0.2, 0) is 4.74 Å². The molecule has 0 aliphatic carbocycles. The Labute approximate surface area is 137 Å². The maximum Gasteiger partial charge on any atom is 0.339 e. The number of ether oxygens (including phenoxy) is 1. The molecule has 2 aromatic carbocycles. The monoisotopic (exact) mass is 329 g/mol. The molecule has 0 atom stereocenters. The van der Waals surface area contributed by atoms with E-state index in [4.69, 9.17) is 16.3 Å². The van der Waals surface area contributed by atoms with Gasteiger partial charge in [0.25, 0.3) is 0 Å². The Morgan fingerprint density at radius 3 is 2.70 bits per heavy atom. The Bertz CT molecular complexity index is 904. The van der Waals surface area contributed by atoms with Crippen LogP contribution in [0.1, 0.15) is 15.9 Å². The summed E-state index contributed by atoms with van der Waals surface area (Å²) in [6, 6.07) is 9.67. The van der Waals surface area contributed by atoms with E-state index < -0.39 is 5.97 Å². The average molecular weight is 330 g/mol. The van der Waals surface area contributed by atoms with Crippen LogP contribution in [0.5, 0.6) is 0 Å². The van der Waals surface area contributed by atoms with Gasteiger partial charge in [-0.05, 0) is 48.4 Å². The summed E-state index contributed by atoms with van der Waals surface area (Å²) in [6.07, 6.45) is 1.55. The second-order valence-electron chi connectivity index (χ2n) is 5.22. The Morgan fingerprint density at radius 2 is 2.00 bits per heavy atom. The van der Waals surface area contributed by atoms with Crippen LogP contribution in [0.4, 0.5) is 4.39 Å². The minimum atomic E-state index is -0.517. The van der Waals surface area contributed by atoms with Crippen molar-refractivity contribution in [3.8, 4) is 11.1 Å². The maximum atomic E-state index is 13.7. The van der Waals surface area contributed by atoms with Crippen LogP contribution < -0.4 is 0 Å². The number of hydrogen-bond donors (Lipinski definition) is 0. The molecule has 0 N–H and O–H groups in total. The van der Waals surface area contributed by atoms with Crippen LogP contribution in [0, 0.1) is 12.7 Å². The van der Waals surface area contributed by atoms with Gasteiger partial charge >= 0.3 is 5.97 Å². The van der Waals surface area contributed by atoms with E-state index in [-0.39, 0.29) is 5.82 Å². The molecular formula is C18H13ClFNO2. The lowest BCUT2D eigenvalue weighted by atomic mass is 9.96. The molecule has 5 heteroatoms. The number of fused-ring (bicyclic) bond motifs is 1. The highest BCUT2D eigenvalue weighted by atomic mass is 35.5.